The average Bonchev–Trinajstić information content (AvgIpc) is 3.23. The number of hydrogen-bond donors (Lipinski definition) is 0. The van der Waals surface area contributed by atoms with Gasteiger partial charge in [0.1, 0.15) is 5.76 Å². The van der Waals surface area contributed by atoms with Gasteiger partial charge < -0.3 is 4.74 Å². The van der Waals surface area contributed by atoms with Crippen LogP contribution < -0.4 is 0 Å². The molecule has 0 unspecified atom stereocenters. The summed E-state index contributed by atoms with van der Waals surface area (Å²) in [5.74, 6) is -0.0176. The first-order valence-electron chi connectivity index (χ1n) is 9.65. The second-order valence-corrected chi connectivity index (χ2v) is 8.89. The average molecular weight is 412 g/mol. The van der Waals surface area contributed by atoms with Crippen molar-refractivity contribution in [3.63, 3.8) is 0 Å². The normalized spacial score (nSPS) is 15.2. The summed E-state index contributed by atoms with van der Waals surface area (Å²) < 4.78 is 32.9. The molecule has 1 aliphatic heterocycles. The number of sulfonamides is 1. The number of carbonyl (C=O) groups excluding carboxylic acids is 1. The number of benzene rings is 2. The van der Waals surface area contributed by atoms with E-state index in [1.54, 1.807) is 48.5 Å². The topological polar surface area (TPSA) is 63.7 Å². The first-order chi connectivity index (χ1) is 13.9. The SMILES string of the molecule is CCC/C=C(\OC(=O)c1ccccc1)C1=CCN(S(=O)(=O)c2ccc(C)cc2)C1. The Labute approximate surface area is 172 Å². The van der Waals surface area contributed by atoms with Gasteiger partial charge in [0.15, 0.2) is 0 Å². The Kier molecular flexibility index (Phi) is 6.67. The van der Waals surface area contributed by atoms with Crippen molar-refractivity contribution in [3.8, 4) is 0 Å². The van der Waals surface area contributed by atoms with E-state index in [9.17, 15) is 13.2 Å². The van der Waals surface area contributed by atoms with Gasteiger partial charge in [-0.15, -0.1) is 0 Å². The fourth-order valence-corrected chi connectivity index (χ4v) is 4.36. The van der Waals surface area contributed by atoms with E-state index in [0.717, 1.165) is 18.4 Å². The minimum absolute atomic E-state index is 0.174. The van der Waals surface area contributed by atoms with Crippen LogP contribution in [0, 0.1) is 6.92 Å². The van der Waals surface area contributed by atoms with Crippen LogP contribution in [-0.4, -0.2) is 31.8 Å². The molecule has 0 N–H and O–H groups in total. The highest BCUT2D eigenvalue weighted by atomic mass is 32.2. The van der Waals surface area contributed by atoms with E-state index in [1.165, 1.54) is 4.31 Å². The van der Waals surface area contributed by atoms with Gasteiger partial charge in [0.25, 0.3) is 0 Å². The predicted molar refractivity (Wildman–Crippen MR) is 113 cm³/mol. The van der Waals surface area contributed by atoms with Crippen molar-refractivity contribution >= 4 is 16.0 Å². The fourth-order valence-electron chi connectivity index (χ4n) is 3.00. The molecule has 0 radical (unpaired) electrons. The third-order valence-corrected chi connectivity index (χ3v) is 6.52. The number of aryl methyl sites for hydroxylation is 1. The highest BCUT2D eigenvalue weighted by Gasteiger charge is 2.30. The van der Waals surface area contributed by atoms with Crippen LogP contribution in [-0.2, 0) is 14.8 Å². The third-order valence-electron chi connectivity index (χ3n) is 4.69. The summed E-state index contributed by atoms with van der Waals surface area (Å²) >= 11 is 0. The van der Waals surface area contributed by atoms with Crippen LogP contribution in [0.1, 0.15) is 35.7 Å². The van der Waals surface area contributed by atoms with Crippen molar-refractivity contribution in [2.24, 2.45) is 0 Å². The summed E-state index contributed by atoms with van der Waals surface area (Å²) in [7, 11) is -3.61. The lowest BCUT2D eigenvalue weighted by Crippen LogP contribution is -2.29. The van der Waals surface area contributed by atoms with Crippen LogP contribution in [0.3, 0.4) is 0 Å². The maximum Gasteiger partial charge on any atom is 0.343 e. The zero-order valence-corrected chi connectivity index (χ0v) is 17.5. The zero-order chi connectivity index (χ0) is 20.9. The zero-order valence-electron chi connectivity index (χ0n) is 16.7. The van der Waals surface area contributed by atoms with Crippen LogP contribution in [0.15, 0.2) is 83.0 Å². The van der Waals surface area contributed by atoms with Crippen molar-refractivity contribution in [1.29, 1.82) is 0 Å². The van der Waals surface area contributed by atoms with Gasteiger partial charge >= 0.3 is 5.97 Å². The summed E-state index contributed by atoms with van der Waals surface area (Å²) in [6.45, 7) is 4.37. The van der Waals surface area contributed by atoms with Crippen LogP contribution in [0.2, 0.25) is 0 Å². The monoisotopic (exact) mass is 411 g/mol. The van der Waals surface area contributed by atoms with Gasteiger partial charge in [-0.1, -0.05) is 55.3 Å². The smallest absolute Gasteiger partial charge is 0.343 e. The summed E-state index contributed by atoms with van der Waals surface area (Å²) in [6.07, 6.45) is 5.30. The van der Waals surface area contributed by atoms with E-state index >= 15 is 0 Å². The molecule has 6 heteroatoms. The number of ether oxygens (including phenoxy) is 1. The van der Waals surface area contributed by atoms with Gasteiger partial charge in [0.05, 0.1) is 10.5 Å². The van der Waals surface area contributed by atoms with E-state index in [1.807, 2.05) is 32.1 Å². The van der Waals surface area contributed by atoms with Gasteiger partial charge in [0, 0.05) is 18.7 Å². The quantitative estimate of drug-likeness (QED) is 0.498. The molecule has 0 atom stereocenters. The number of allylic oxidation sites excluding steroid dienone is 1. The number of rotatable bonds is 7. The molecule has 0 spiro atoms. The second-order valence-electron chi connectivity index (χ2n) is 6.95. The first-order valence-corrected chi connectivity index (χ1v) is 11.1. The molecule has 2 aromatic carbocycles. The van der Waals surface area contributed by atoms with Crippen LogP contribution in [0.25, 0.3) is 0 Å². The van der Waals surface area contributed by atoms with Gasteiger partial charge in [0.2, 0.25) is 10.0 Å². The molecule has 5 nitrogen and oxygen atoms in total. The first kappa shape index (κ1) is 21.0. The number of nitrogens with zero attached hydrogens (tertiary/aromatic N) is 1. The molecule has 1 aliphatic rings. The Hall–Kier alpha value is -2.70. The molecular weight excluding hydrogens is 386 g/mol. The lowest BCUT2D eigenvalue weighted by molar-refractivity contribution is 0.0630. The van der Waals surface area contributed by atoms with Crippen molar-refractivity contribution in [2.45, 2.75) is 31.6 Å². The molecule has 0 saturated carbocycles. The Morgan fingerprint density at radius 2 is 1.79 bits per heavy atom. The van der Waals surface area contributed by atoms with Crippen LogP contribution in [0.4, 0.5) is 0 Å². The highest BCUT2D eigenvalue weighted by molar-refractivity contribution is 7.89. The molecule has 0 aromatic heterocycles. The fraction of sp³-hybridized carbons (Fsp3) is 0.261. The Bertz CT molecular complexity index is 1020. The van der Waals surface area contributed by atoms with E-state index < -0.39 is 16.0 Å². The molecule has 0 saturated heterocycles. The van der Waals surface area contributed by atoms with E-state index in [2.05, 4.69) is 0 Å². The summed E-state index contributed by atoms with van der Waals surface area (Å²) in [6, 6.07) is 15.6. The largest absolute Gasteiger partial charge is 0.423 e. The number of hydrogen-bond acceptors (Lipinski definition) is 4. The minimum atomic E-state index is -3.61. The minimum Gasteiger partial charge on any atom is -0.423 e. The van der Waals surface area contributed by atoms with Gasteiger partial charge in [-0.05, 0) is 43.7 Å². The Morgan fingerprint density at radius 1 is 1.10 bits per heavy atom. The van der Waals surface area contributed by atoms with E-state index in [4.69, 9.17) is 4.74 Å². The van der Waals surface area contributed by atoms with Crippen molar-refractivity contribution in [3.05, 3.63) is 89.2 Å². The Morgan fingerprint density at radius 3 is 2.45 bits per heavy atom. The predicted octanol–water partition coefficient (Wildman–Crippen LogP) is 4.47. The van der Waals surface area contributed by atoms with Gasteiger partial charge in [-0.3, -0.25) is 0 Å². The van der Waals surface area contributed by atoms with Gasteiger partial charge in [-0.25, -0.2) is 13.2 Å². The van der Waals surface area contributed by atoms with Crippen molar-refractivity contribution < 1.29 is 17.9 Å². The number of unbranched alkanes of at least 4 members (excludes halogenated alkanes) is 1. The second kappa shape index (κ2) is 9.20. The molecule has 152 valence electrons. The maximum atomic E-state index is 12.9. The number of carbonyl (C=O) groups is 1. The lowest BCUT2D eigenvalue weighted by atomic mass is 10.2. The van der Waals surface area contributed by atoms with Crippen molar-refractivity contribution in [1.82, 2.24) is 4.31 Å². The lowest BCUT2D eigenvalue weighted by Gasteiger charge is -2.17. The molecule has 0 amide bonds. The molecule has 0 fully saturated rings. The molecule has 2 aromatic rings. The van der Waals surface area contributed by atoms with Crippen LogP contribution in [0.5, 0.6) is 0 Å². The standard InChI is InChI=1S/C23H25NO4S/c1-3-4-10-22(28-23(25)19-8-6-5-7-9-19)20-15-16-24(17-20)29(26,27)21-13-11-18(2)12-14-21/h5-15H,3-4,16-17H2,1-2H3/b22-10-. The molecule has 29 heavy (non-hydrogen) atoms. The van der Waals surface area contributed by atoms with E-state index in [-0.39, 0.29) is 18.0 Å². The number of esters is 1. The molecule has 1 heterocycles. The van der Waals surface area contributed by atoms with Gasteiger partial charge in [-0.2, -0.15) is 4.31 Å². The highest BCUT2D eigenvalue weighted by Crippen LogP contribution is 2.26. The summed E-state index contributed by atoms with van der Waals surface area (Å²) in [5.41, 5.74) is 2.16. The van der Waals surface area contributed by atoms with Crippen molar-refractivity contribution in [2.75, 3.05) is 13.1 Å². The summed E-state index contributed by atoms with van der Waals surface area (Å²) in [4.78, 5) is 12.7. The maximum absolute atomic E-state index is 12.9. The Balaban J connectivity index is 1.77. The molecule has 0 aliphatic carbocycles. The van der Waals surface area contributed by atoms with Crippen LogP contribution >= 0.6 is 0 Å². The van der Waals surface area contributed by atoms with E-state index in [0.29, 0.717) is 16.9 Å². The molecular formula is C23H25NO4S. The third kappa shape index (κ3) is 5.02. The summed E-state index contributed by atoms with van der Waals surface area (Å²) in [5, 5.41) is 0. The molecule has 0 bridgehead atoms. The molecule has 3 rings (SSSR count).